The van der Waals surface area contributed by atoms with Crippen molar-refractivity contribution in [3.8, 4) is 0 Å². The zero-order valence-electron chi connectivity index (χ0n) is 16.2. The van der Waals surface area contributed by atoms with Crippen molar-refractivity contribution >= 4 is 23.3 Å². The summed E-state index contributed by atoms with van der Waals surface area (Å²) < 4.78 is 12.9. The van der Waals surface area contributed by atoms with Gasteiger partial charge in [-0.1, -0.05) is 12.1 Å². The van der Waals surface area contributed by atoms with Crippen LogP contribution in [0.1, 0.15) is 39.0 Å². The van der Waals surface area contributed by atoms with Gasteiger partial charge >= 0.3 is 0 Å². The maximum absolute atomic E-state index is 12.9. The van der Waals surface area contributed by atoms with Gasteiger partial charge in [0, 0.05) is 23.5 Å². The summed E-state index contributed by atoms with van der Waals surface area (Å²) in [4.78, 5) is 32.4. The van der Waals surface area contributed by atoms with Crippen LogP contribution in [-0.4, -0.2) is 28.2 Å². The third kappa shape index (κ3) is 5.68. The molecule has 0 atom stereocenters. The molecule has 0 bridgehead atoms. The Bertz CT molecular complexity index is 1020. The number of carbonyl (C=O) groups is 2. The lowest BCUT2D eigenvalue weighted by Crippen LogP contribution is -2.27. The fourth-order valence-electron chi connectivity index (χ4n) is 2.72. The summed E-state index contributed by atoms with van der Waals surface area (Å²) in [5.41, 5.74) is 3.15. The van der Waals surface area contributed by atoms with Gasteiger partial charge in [-0.05, 0) is 68.3 Å². The lowest BCUT2D eigenvalue weighted by Gasteiger charge is -2.09. The lowest BCUT2D eigenvalue weighted by molar-refractivity contribution is 0.0948. The molecule has 0 spiro atoms. The Hall–Kier alpha value is -3.61. The quantitative estimate of drug-likeness (QED) is 0.597. The molecule has 7 heteroatoms. The van der Waals surface area contributed by atoms with Crippen molar-refractivity contribution in [2.24, 2.45) is 0 Å². The van der Waals surface area contributed by atoms with Crippen LogP contribution in [0.25, 0.3) is 0 Å². The number of anilines is 2. The molecule has 2 aromatic carbocycles. The Morgan fingerprint density at radius 2 is 1.69 bits per heavy atom. The molecule has 6 nitrogen and oxygen atoms in total. The molecule has 3 rings (SSSR count). The van der Waals surface area contributed by atoms with Gasteiger partial charge in [0.2, 0.25) is 5.95 Å². The number of halogens is 1. The summed E-state index contributed by atoms with van der Waals surface area (Å²) in [6.45, 7) is 3.69. The SMILES string of the molecule is CC(=O)c1ccc(Nc2nc(C)cc(C(=O)NCCc3ccc(F)cc3)n2)cc1. The van der Waals surface area contributed by atoms with Crippen LogP contribution in [0.15, 0.2) is 54.6 Å². The van der Waals surface area contributed by atoms with Crippen LogP contribution in [0.4, 0.5) is 16.0 Å². The molecule has 2 N–H and O–H groups in total. The van der Waals surface area contributed by atoms with E-state index in [9.17, 15) is 14.0 Å². The third-order valence-electron chi connectivity index (χ3n) is 4.25. The van der Waals surface area contributed by atoms with E-state index in [0.717, 1.165) is 5.56 Å². The van der Waals surface area contributed by atoms with Crippen LogP contribution in [0, 0.1) is 12.7 Å². The average Bonchev–Trinajstić information content (AvgIpc) is 2.69. The van der Waals surface area contributed by atoms with Crippen molar-refractivity contribution in [3.63, 3.8) is 0 Å². The van der Waals surface area contributed by atoms with E-state index in [1.54, 1.807) is 49.4 Å². The monoisotopic (exact) mass is 392 g/mol. The number of aromatic nitrogens is 2. The van der Waals surface area contributed by atoms with Crippen molar-refractivity contribution < 1.29 is 14.0 Å². The second-order valence-electron chi connectivity index (χ2n) is 6.61. The predicted octanol–water partition coefficient (Wildman–Crippen LogP) is 3.84. The van der Waals surface area contributed by atoms with Crippen LogP contribution in [-0.2, 0) is 6.42 Å². The molecule has 0 radical (unpaired) electrons. The van der Waals surface area contributed by atoms with E-state index in [0.29, 0.717) is 35.9 Å². The first kappa shape index (κ1) is 20.1. The standard InChI is InChI=1S/C22H21FN4O2/c1-14-13-20(21(29)24-12-11-16-3-7-18(23)8-4-16)27-22(25-14)26-19-9-5-17(6-10-19)15(2)28/h3-10,13H,11-12H2,1-2H3,(H,24,29)(H,25,26,27). The van der Waals surface area contributed by atoms with Crippen LogP contribution >= 0.6 is 0 Å². The van der Waals surface area contributed by atoms with E-state index < -0.39 is 0 Å². The number of nitrogens with one attached hydrogen (secondary N) is 2. The molecular formula is C22H21FN4O2. The molecule has 3 aromatic rings. The number of rotatable bonds is 7. The molecule has 0 aliphatic carbocycles. The van der Waals surface area contributed by atoms with Crippen molar-refractivity contribution in [3.05, 3.63) is 82.9 Å². The smallest absolute Gasteiger partial charge is 0.270 e. The van der Waals surface area contributed by atoms with Crippen LogP contribution < -0.4 is 10.6 Å². The number of aryl methyl sites for hydroxylation is 1. The van der Waals surface area contributed by atoms with Gasteiger partial charge < -0.3 is 10.6 Å². The first-order valence-electron chi connectivity index (χ1n) is 9.17. The number of hydrogen-bond donors (Lipinski definition) is 2. The highest BCUT2D eigenvalue weighted by molar-refractivity contribution is 5.94. The minimum absolute atomic E-state index is 0.0112. The Labute approximate surface area is 168 Å². The first-order chi connectivity index (χ1) is 13.9. The largest absolute Gasteiger partial charge is 0.350 e. The highest BCUT2D eigenvalue weighted by Crippen LogP contribution is 2.15. The summed E-state index contributed by atoms with van der Waals surface area (Å²) in [6, 6.07) is 14.7. The van der Waals surface area contributed by atoms with Gasteiger partial charge in [-0.15, -0.1) is 0 Å². The number of ketones is 1. The number of hydrogen-bond acceptors (Lipinski definition) is 5. The van der Waals surface area contributed by atoms with Gasteiger partial charge in [0.05, 0.1) is 0 Å². The van der Waals surface area contributed by atoms with Gasteiger partial charge in [-0.2, -0.15) is 0 Å². The second kappa shape index (κ2) is 9.05. The summed E-state index contributed by atoms with van der Waals surface area (Å²) in [6.07, 6.45) is 0.587. The third-order valence-corrected chi connectivity index (χ3v) is 4.25. The molecular weight excluding hydrogens is 371 g/mol. The Kier molecular flexibility index (Phi) is 6.29. The molecule has 0 saturated heterocycles. The average molecular weight is 392 g/mol. The number of amides is 1. The summed E-state index contributed by atoms with van der Waals surface area (Å²) in [5.74, 6) is -0.315. The number of nitrogens with zero attached hydrogens (tertiary/aromatic N) is 2. The predicted molar refractivity (Wildman–Crippen MR) is 109 cm³/mol. The van der Waals surface area contributed by atoms with Gasteiger partial charge in [-0.3, -0.25) is 9.59 Å². The van der Waals surface area contributed by atoms with Gasteiger partial charge in [0.25, 0.3) is 5.91 Å². The molecule has 1 amide bonds. The zero-order valence-corrected chi connectivity index (χ0v) is 16.2. The molecule has 0 fully saturated rings. The summed E-state index contributed by atoms with van der Waals surface area (Å²) >= 11 is 0. The molecule has 1 aromatic heterocycles. The Morgan fingerprint density at radius 1 is 1.00 bits per heavy atom. The molecule has 1 heterocycles. The van der Waals surface area contributed by atoms with Crippen molar-refractivity contribution in [2.75, 3.05) is 11.9 Å². The van der Waals surface area contributed by atoms with Gasteiger partial charge in [0.15, 0.2) is 5.78 Å². The van der Waals surface area contributed by atoms with Crippen molar-refractivity contribution in [1.29, 1.82) is 0 Å². The second-order valence-corrected chi connectivity index (χ2v) is 6.61. The van der Waals surface area contributed by atoms with Crippen LogP contribution in [0.2, 0.25) is 0 Å². The molecule has 0 unspecified atom stereocenters. The van der Waals surface area contributed by atoms with E-state index in [2.05, 4.69) is 20.6 Å². The summed E-state index contributed by atoms with van der Waals surface area (Å²) in [7, 11) is 0. The Morgan fingerprint density at radius 3 is 2.34 bits per heavy atom. The van der Waals surface area contributed by atoms with Gasteiger partial charge in [-0.25, -0.2) is 14.4 Å². The maximum Gasteiger partial charge on any atom is 0.270 e. The fraction of sp³-hybridized carbons (Fsp3) is 0.182. The van der Waals surface area contributed by atoms with E-state index in [1.165, 1.54) is 19.1 Å². The van der Waals surface area contributed by atoms with Crippen LogP contribution in [0.5, 0.6) is 0 Å². The van der Waals surface area contributed by atoms with E-state index in [-0.39, 0.29) is 23.2 Å². The number of benzene rings is 2. The van der Waals surface area contributed by atoms with Crippen LogP contribution in [0.3, 0.4) is 0 Å². The minimum Gasteiger partial charge on any atom is -0.350 e. The minimum atomic E-state index is -0.312. The lowest BCUT2D eigenvalue weighted by atomic mass is 10.1. The topological polar surface area (TPSA) is 84.0 Å². The maximum atomic E-state index is 12.9. The fourth-order valence-corrected chi connectivity index (χ4v) is 2.72. The Balaban J connectivity index is 1.63. The normalized spacial score (nSPS) is 10.4. The molecule has 0 aliphatic rings. The first-order valence-corrected chi connectivity index (χ1v) is 9.17. The molecule has 148 valence electrons. The molecule has 0 aliphatic heterocycles. The van der Waals surface area contributed by atoms with E-state index in [4.69, 9.17) is 0 Å². The summed E-state index contributed by atoms with van der Waals surface area (Å²) in [5, 5.41) is 5.86. The highest BCUT2D eigenvalue weighted by Gasteiger charge is 2.11. The number of Topliss-reactive ketones (excluding diaryl/α,β-unsaturated/α-hetero) is 1. The van der Waals surface area contributed by atoms with Gasteiger partial charge in [0.1, 0.15) is 11.5 Å². The highest BCUT2D eigenvalue weighted by atomic mass is 19.1. The molecule has 29 heavy (non-hydrogen) atoms. The van der Waals surface area contributed by atoms with E-state index >= 15 is 0 Å². The zero-order chi connectivity index (χ0) is 20.8. The van der Waals surface area contributed by atoms with Crippen molar-refractivity contribution in [2.45, 2.75) is 20.3 Å². The number of carbonyl (C=O) groups excluding carboxylic acids is 2. The van der Waals surface area contributed by atoms with E-state index in [1.807, 2.05) is 0 Å². The van der Waals surface area contributed by atoms with Crippen molar-refractivity contribution in [1.82, 2.24) is 15.3 Å². The molecule has 0 saturated carbocycles.